The van der Waals surface area contributed by atoms with Crippen LogP contribution in [0.3, 0.4) is 0 Å². The third-order valence-corrected chi connectivity index (χ3v) is 4.10. The predicted molar refractivity (Wildman–Crippen MR) is 101 cm³/mol. The molecule has 0 saturated heterocycles. The van der Waals surface area contributed by atoms with Crippen LogP contribution in [0.4, 0.5) is 5.69 Å². The molecular weight excluding hydrogens is 328 g/mol. The van der Waals surface area contributed by atoms with Gasteiger partial charge in [0.1, 0.15) is 0 Å². The van der Waals surface area contributed by atoms with Crippen LogP contribution >= 0.6 is 0 Å². The van der Waals surface area contributed by atoms with Gasteiger partial charge in [-0.25, -0.2) is 4.79 Å². The molecule has 0 aliphatic heterocycles. The summed E-state index contributed by atoms with van der Waals surface area (Å²) in [4.78, 5) is 15.8. The van der Waals surface area contributed by atoms with Crippen LogP contribution in [0.15, 0.2) is 73.1 Å². The molecule has 0 amide bonds. The maximum atomic E-state index is 11.5. The molecule has 0 saturated carbocycles. The van der Waals surface area contributed by atoms with E-state index in [1.165, 1.54) is 7.11 Å². The first-order valence-electron chi connectivity index (χ1n) is 8.27. The largest absolute Gasteiger partial charge is 0.465 e. The van der Waals surface area contributed by atoms with Crippen LogP contribution in [0.2, 0.25) is 0 Å². The monoisotopic (exact) mass is 348 g/mol. The number of carbonyl (C=O) groups excluding carboxylic acids is 1. The molecule has 3 aromatic rings. The molecule has 1 atom stereocenters. The zero-order chi connectivity index (χ0) is 18.4. The van der Waals surface area contributed by atoms with Gasteiger partial charge in [0.05, 0.1) is 31.0 Å². The van der Waals surface area contributed by atoms with Crippen molar-refractivity contribution >= 4 is 11.7 Å². The number of nitrogens with one attached hydrogen (secondary N) is 1. The second-order valence-electron chi connectivity index (χ2n) is 5.82. The molecule has 2 N–H and O–H groups in total. The summed E-state index contributed by atoms with van der Waals surface area (Å²) in [5.41, 5.74) is 4.17. The summed E-state index contributed by atoms with van der Waals surface area (Å²) in [5, 5.41) is 13.0. The topological polar surface area (TPSA) is 71.5 Å². The van der Waals surface area contributed by atoms with Crippen LogP contribution in [-0.4, -0.2) is 29.8 Å². The normalized spacial score (nSPS) is 11.6. The number of aliphatic hydroxyl groups excluding tert-OH is 1. The highest BCUT2D eigenvalue weighted by Crippen LogP contribution is 2.25. The molecule has 0 aliphatic carbocycles. The van der Waals surface area contributed by atoms with Gasteiger partial charge in [0, 0.05) is 18.0 Å². The number of ether oxygens (including phenoxy) is 1. The van der Waals surface area contributed by atoms with E-state index in [0.717, 1.165) is 22.4 Å². The van der Waals surface area contributed by atoms with Crippen molar-refractivity contribution in [1.82, 2.24) is 4.98 Å². The minimum atomic E-state index is -0.362. The molecule has 0 aliphatic rings. The highest BCUT2D eigenvalue weighted by atomic mass is 16.5. The van der Waals surface area contributed by atoms with Crippen LogP contribution in [0.25, 0.3) is 11.1 Å². The van der Waals surface area contributed by atoms with Crippen molar-refractivity contribution in [3.63, 3.8) is 0 Å². The molecule has 5 heteroatoms. The molecule has 0 spiro atoms. The lowest BCUT2D eigenvalue weighted by Gasteiger charge is -2.18. The van der Waals surface area contributed by atoms with Crippen molar-refractivity contribution in [1.29, 1.82) is 0 Å². The van der Waals surface area contributed by atoms with Crippen molar-refractivity contribution in [3.8, 4) is 11.1 Å². The van der Waals surface area contributed by atoms with Crippen LogP contribution in [0.5, 0.6) is 0 Å². The van der Waals surface area contributed by atoms with Gasteiger partial charge in [0.2, 0.25) is 0 Å². The van der Waals surface area contributed by atoms with Gasteiger partial charge in [-0.1, -0.05) is 42.5 Å². The number of aromatic nitrogens is 1. The summed E-state index contributed by atoms with van der Waals surface area (Å²) in [7, 11) is 1.36. The molecule has 5 nitrogen and oxygen atoms in total. The summed E-state index contributed by atoms with van der Waals surface area (Å²) in [6.45, 7) is -0.0257. The minimum absolute atomic E-state index is 0.0257. The maximum absolute atomic E-state index is 11.5. The molecule has 1 unspecified atom stereocenters. The van der Waals surface area contributed by atoms with Crippen LogP contribution < -0.4 is 5.32 Å². The first-order valence-corrected chi connectivity index (χ1v) is 8.27. The number of carbonyl (C=O) groups is 1. The Labute approximate surface area is 152 Å². The van der Waals surface area contributed by atoms with Gasteiger partial charge in [0.15, 0.2) is 0 Å². The third-order valence-electron chi connectivity index (χ3n) is 4.10. The number of nitrogens with zero attached hydrogens (tertiary/aromatic N) is 1. The van der Waals surface area contributed by atoms with Gasteiger partial charge in [0.25, 0.3) is 0 Å². The molecule has 1 aromatic heterocycles. The van der Waals surface area contributed by atoms with Gasteiger partial charge in [-0.2, -0.15) is 0 Å². The van der Waals surface area contributed by atoms with E-state index in [2.05, 4.69) is 10.3 Å². The summed E-state index contributed by atoms with van der Waals surface area (Å²) in [6.07, 6.45) is 3.48. The van der Waals surface area contributed by atoms with Gasteiger partial charge in [-0.15, -0.1) is 0 Å². The molecular formula is C21H20N2O3. The molecule has 0 radical (unpaired) electrons. The zero-order valence-corrected chi connectivity index (χ0v) is 14.4. The number of hydrogen-bond acceptors (Lipinski definition) is 5. The fourth-order valence-electron chi connectivity index (χ4n) is 2.71. The lowest BCUT2D eigenvalue weighted by atomic mass is 10.0. The second-order valence-corrected chi connectivity index (χ2v) is 5.82. The molecule has 0 bridgehead atoms. The maximum Gasteiger partial charge on any atom is 0.337 e. The summed E-state index contributed by atoms with van der Waals surface area (Å²) < 4.78 is 4.71. The smallest absolute Gasteiger partial charge is 0.337 e. The van der Waals surface area contributed by atoms with Crippen molar-refractivity contribution < 1.29 is 14.6 Å². The summed E-state index contributed by atoms with van der Waals surface area (Å²) in [5.74, 6) is -0.362. The fraction of sp³-hybridized carbons (Fsp3) is 0.143. The van der Waals surface area contributed by atoms with E-state index in [4.69, 9.17) is 4.74 Å². The Hall–Kier alpha value is -3.18. The SMILES string of the molecule is COC(=O)c1ccc(-c2cncc(NC(CO)c3ccccc3)c2)cc1. The van der Waals surface area contributed by atoms with Gasteiger partial charge in [-0.3, -0.25) is 4.98 Å². The average Bonchev–Trinajstić information content (AvgIpc) is 2.72. The van der Waals surface area contributed by atoms with Crippen LogP contribution in [-0.2, 0) is 4.74 Å². The lowest BCUT2D eigenvalue weighted by Crippen LogP contribution is -2.14. The Kier molecular flexibility index (Phi) is 5.61. The Morgan fingerprint density at radius 3 is 2.46 bits per heavy atom. The van der Waals surface area contributed by atoms with E-state index in [9.17, 15) is 9.90 Å². The fourth-order valence-corrected chi connectivity index (χ4v) is 2.71. The van der Waals surface area contributed by atoms with Gasteiger partial charge < -0.3 is 15.2 Å². The number of esters is 1. The lowest BCUT2D eigenvalue weighted by molar-refractivity contribution is 0.0601. The number of hydrogen-bond donors (Lipinski definition) is 2. The third kappa shape index (κ3) is 4.07. The van der Waals surface area contributed by atoms with Crippen LogP contribution in [0.1, 0.15) is 22.0 Å². The Bertz CT molecular complexity index is 864. The van der Waals surface area contributed by atoms with Crippen LogP contribution in [0, 0.1) is 0 Å². The first-order chi connectivity index (χ1) is 12.7. The number of pyridine rings is 1. The predicted octanol–water partition coefficient (Wildman–Crippen LogP) is 3.68. The average molecular weight is 348 g/mol. The van der Waals surface area contributed by atoms with Gasteiger partial charge in [-0.05, 0) is 29.3 Å². The zero-order valence-electron chi connectivity index (χ0n) is 14.4. The summed E-state index contributed by atoms with van der Waals surface area (Å²) >= 11 is 0. The Morgan fingerprint density at radius 2 is 1.81 bits per heavy atom. The molecule has 26 heavy (non-hydrogen) atoms. The van der Waals surface area contributed by atoms with E-state index >= 15 is 0 Å². The molecule has 0 fully saturated rings. The number of benzene rings is 2. The van der Waals surface area contributed by atoms with Crippen molar-refractivity contribution in [3.05, 3.63) is 84.2 Å². The Balaban J connectivity index is 1.80. The number of aliphatic hydroxyl groups is 1. The van der Waals surface area contributed by atoms with Crippen molar-refractivity contribution in [2.75, 3.05) is 19.0 Å². The molecule has 132 valence electrons. The summed E-state index contributed by atoms with van der Waals surface area (Å²) in [6, 6.07) is 18.7. The molecule has 3 rings (SSSR count). The number of rotatable bonds is 6. The standard InChI is InChI=1S/C21H20N2O3/c1-26-21(25)17-9-7-15(8-10-17)18-11-19(13-22-12-18)23-20(14-24)16-5-3-2-4-6-16/h2-13,20,23-24H,14H2,1H3. The minimum Gasteiger partial charge on any atom is -0.465 e. The van der Waals surface area contributed by atoms with E-state index in [1.807, 2.05) is 48.5 Å². The van der Waals surface area contributed by atoms with E-state index in [0.29, 0.717) is 5.56 Å². The van der Waals surface area contributed by atoms with E-state index in [-0.39, 0.29) is 18.6 Å². The van der Waals surface area contributed by atoms with E-state index in [1.54, 1.807) is 24.5 Å². The Morgan fingerprint density at radius 1 is 1.08 bits per heavy atom. The first kappa shape index (κ1) is 17.6. The molecule has 1 heterocycles. The van der Waals surface area contributed by atoms with E-state index < -0.39 is 0 Å². The van der Waals surface area contributed by atoms with Gasteiger partial charge >= 0.3 is 5.97 Å². The van der Waals surface area contributed by atoms with Crippen molar-refractivity contribution in [2.45, 2.75) is 6.04 Å². The molecule has 2 aromatic carbocycles. The highest BCUT2D eigenvalue weighted by molar-refractivity contribution is 5.90. The quantitative estimate of drug-likeness (QED) is 0.665. The number of anilines is 1. The highest BCUT2D eigenvalue weighted by Gasteiger charge is 2.11. The second kappa shape index (κ2) is 8.27. The van der Waals surface area contributed by atoms with Crippen molar-refractivity contribution in [2.24, 2.45) is 0 Å². The number of methoxy groups -OCH3 is 1.